The fourth-order valence-electron chi connectivity index (χ4n) is 2.97. The lowest BCUT2D eigenvalue weighted by Crippen LogP contribution is -2.45. The molecule has 1 aromatic rings. The quantitative estimate of drug-likeness (QED) is 0.410. The molecular weight excluding hydrogens is 433 g/mol. The van der Waals surface area contributed by atoms with Crippen molar-refractivity contribution in [3.05, 3.63) is 23.8 Å². The van der Waals surface area contributed by atoms with Gasteiger partial charge in [-0.2, -0.15) is 0 Å². The smallest absolute Gasteiger partial charge is 0.191 e. The minimum atomic E-state index is -0.0904. The van der Waals surface area contributed by atoms with Gasteiger partial charge in [-0.25, -0.2) is 0 Å². The minimum Gasteiger partial charge on any atom is -0.490 e. The molecule has 0 radical (unpaired) electrons. The van der Waals surface area contributed by atoms with Gasteiger partial charge < -0.3 is 24.8 Å². The maximum absolute atomic E-state index is 5.80. The van der Waals surface area contributed by atoms with E-state index in [0.717, 1.165) is 55.4 Å². The number of benzene rings is 1. The lowest BCUT2D eigenvalue weighted by molar-refractivity contribution is 0.0243. The second-order valence-corrected chi connectivity index (χ2v) is 6.51. The van der Waals surface area contributed by atoms with Gasteiger partial charge in [0.25, 0.3) is 0 Å². The summed E-state index contributed by atoms with van der Waals surface area (Å²) in [6.07, 6.45) is 3.13. The van der Waals surface area contributed by atoms with Gasteiger partial charge in [0, 0.05) is 33.2 Å². The lowest BCUT2D eigenvalue weighted by atomic mass is 10.0. The average Bonchev–Trinajstić information content (AvgIpc) is 2.89. The maximum atomic E-state index is 5.80. The first-order valence-electron chi connectivity index (χ1n) is 8.66. The number of rotatable bonds is 4. The molecule has 1 saturated heterocycles. The topological polar surface area (TPSA) is 64.1 Å². The van der Waals surface area contributed by atoms with E-state index in [1.807, 2.05) is 12.1 Å². The number of aliphatic imine (C=N–C) groups is 1. The monoisotopic (exact) mass is 461 g/mol. The van der Waals surface area contributed by atoms with Gasteiger partial charge in [0.1, 0.15) is 0 Å². The highest BCUT2D eigenvalue weighted by Crippen LogP contribution is 2.30. The first-order valence-corrected chi connectivity index (χ1v) is 8.66. The van der Waals surface area contributed by atoms with Crippen LogP contribution in [0.3, 0.4) is 0 Å². The summed E-state index contributed by atoms with van der Waals surface area (Å²) in [5.74, 6) is 2.42. The fourth-order valence-corrected chi connectivity index (χ4v) is 2.97. The molecule has 1 unspecified atom stereocenters. The predicted octanol–water partition coefficient (Wildman–Crippen LogP) is 2.70. The summed E-state index contributed by atoms with van der Waals surface area (Å²) in [6, 6.07) is 6.05. The van der Waals surface area contributed by atoms with Crippen LogP contribution in [0.15, 0.2) is 23.2 Å². The molecule has 1 atom stereocenters. The standard InChI is InChI=1S/C18H27N3O3.HI/c1-18(7-3-10-24-18)13-21-17(19-2)20-12-14-5-6-15-16(11-14)23-9-4-8-22-15;/h5-6,11H,3-4,7-10,12-13H2,1-2H3,(H2,19,20,21);1H. The first-order chi connectivity index (χ1) is 11.7. The van der Waals surface area contributed by atoms with Crippen molar-refractivity contribution in [2.24, 2.45) is 4.99 Å². The molecule has 25 heavy (non-hydrogen) atoms. The fraction of sp³-hybridized carbons (Fsp3) is 0.611. The molecule has 1 aromatic carbocycles. The van der Waals surface area contributed by atoms with Crippen LogP contribution in [-0.2, 0) is 11.3 Å². The van der Waals surface area contributed by atoms with E-state index in [9.17, 15) is 0 Å². The van der Waals surface area contributed by atoms with Crippen molar-refractivity contribution in [2.75, 3.05) is 33.4 Å². The maximum Gasteiger partial charge on any atom is 0.191 e. The van der Waals surface area contributed by atoms with E-state index in [-0.39, 0.29) is 29.6 Å². The van der Waals surface area contributed by atoms with Crippen molar-refractivity contribution in [1.82, 2.24) is 10.6 Å². The summed E-state index contributed by atoms with van der Waals surface area (Å²) in [5.41, 5.74) is 1.04. The Kier molecular flexibility index (Phi) is 7.61. The molecule has 140 valence electrons. The van der Waals surface area contributed by atoms with E-state index in [1.54, 1.807) is 7.05 Å². The normalized spacial score (nSPS) is 22.7. The van der Waals surface area contributed by atoms with Crippen molar-refractivity contribution in [1.29, 1.82) is 0 Å². The van der Waals surface area contributed by atoms with Gasteiger partial charge in [0.05, 0.1) is 18.8 Å². The molecule has 7 heteroatoms. The SMILES string of the molecule is CN=C(NCc1ccc2c(c1)OCCCO2)NCC1(C)CCCO1.I. The number of hydrogen-bond donors (Lipinski definition) is 2. The largest absolute Gasteiger partial charge is 0.490 e. The Morgan fingerprint density at radius 3 is 2.64 bits per heavy atom. The van der Waals surface area contributed by atoms with Crippen molar-refractivity contribution in [2.45, 2.75) is 38.3 Å². The Balaban J connectivity index is 0.00000225. The molecule has 3 rings (SSSR count). The summed E-state index contributed by atoms with van der Waals surface area (Å²) in [4.78, 5) is 4.28. The second kappa shape index (κ2) is 9.47. The van der Waals surface area contributed by atoms with Gasteiger partial charge in [0.2, 0.25) is 0 Å². The summed E-state index contributed by atoms with van der Waals surface area (Å²) >= 11 is 0. The zero-order valence-corrected chi connectivity index (χ0v) is 17.3. The Morgan fingerprint density at radius 2 is 1.92 bits per heavy atom. The Hall–Kier alpha value is -1.22. The van der Waals surface area contributed by atoms with Crippen molar-refractivity contribution in [3.63, 3.8) is 0 Å². The molecule has 2 N–H and O–H groups in total. The lowest BCUT2D eigenvalue weighted by Gasteiger charge is -2.24. The van der Waals surface area contributed by atoms with Crippen LogP contribution in [0.4, 0.5) is 0 Å². The van der Waals surface area contributed by atoms with Crippen LogP contribution in [0, 0.1) is 0 Å². The van der Waals surface area contributed by atoms with Crippen LogP contribution in [0.5, 0.6) is 11.5 Å². The number of nitrogens with one attached hydrogen (secondary N) is 2. The second-order valence-electron chi connectivity index (χ2n) is 6.51. The number of nitrogens with zero attached hydrogens (tertiary/aromatic N) is 1. The molecule has 0 aromatic heterocycles. The van der Waals surface area contributed by atoms with Crippen molar-refractivity contribution >= 4 is 29.9 Å². The van der Waals surface area contributed by atoms with E-state index in [1.165, 1.54) is 0 Å². The zero-order valence-electron chi connectivity index (χ0n) is 15.0. The number of hydrogen-bond acceptors (Lipinski definition) is 4. The third-order valence-corrected chi connectivity index (χ3v) is 4.43. The molecular formula is C18H28IN3O3. The highest BCUT2D eigenvalue weighted by atomic mass is 127. The predicted molar refractivity (Wildman–Crippen MR) is 109 cm³/mol. The van der Waals surface area contributed by atoms with E-state index < -0.39 is 0 Å². The van der Waals surface area contributed by atoms with E-state index in [0.29, 0.717) is 19.8 Å². The molecule has 6 nitrogen and oxygen atoms in total. The molecule has 2 aliphatic heterocycles. The molecule has 0 amide bonds. The Morgan fingerprint density at radius 1 is 1.12 bits per heavy atom. The third kappa shape index (κ3) is 5.64. The van der Waals surface area contributed by atoms with Gasteiger partial charge in [-0.3, -0.25) is 4.99 Å². The van der Waals surface area contributed by atoms with Crippen LogP contribution in [0.25, 0.3) is 0 Å². The van der Waals surface area contributed by atoms with Crippen LogP contribution in [0.1, 0.15) is 31.7 Å². The molecule has 2 aliphatic rings. The Labute approximate surface area is 166 Å². The summed E-state index contributed by atoms with van der Waals surface area (Å²) in [6.45, 7) is 5.83. The van der Waals surface area contributed by atoms with Crippen LogP contribution < -0.4 is 20.1 Å². The minimum absolute atomic E-state index is 0. The van der Waals surface area contributed by atoms with Crippen LogP contribution in [-0.4, -0.2) is 45.0 Å². The molecule has 1 fully saturated rings. The highest BCUT2D eigenvalue weighted by molar-refractivity contribution is 14.0. The third-order valence-electron chi connectivity index (χ3n) is 4.43. The number of guanidine groups is 1. The Bertz CT molecular complexity index is 589. The molecule has 0 saturated carbocycles. The van der Waals surface area contributed by atoms with Gasteiger partial charge >= 0.3 is 0 Å². The van der Waals surface area contributed by atoms with Gasteiger partial charge in [-0.05, 0) is 37.5 Å². The number of halogens is 1. The average molecular weight is 461 g/mol. The number of ether oxygens (including phenoxy) is 3. The number of fused-ring (bicyclic) bond motifs is 1. The van der Waals surface area contributed by atoms with Gasteiger partial charge in [-0.1, -0.05) is 6.07 Å². The van der Waals surface area contributed by atoms with E-state index in [4.69, 9.17) is 14.2 Å². The van der Waals surface area contributed by atoms with Gasteiger partial charge in [0.15, 0.2) is 17.5 Å². The summed E-state index contributed by atoms with van der Waals surface area (Å²) in [5, 5.41) is 6.69. The van der Waals surface area contributed by atoms with Crippen molar-refractivity contribution < 1.29 is 14.2 Å². The molecule has 0 bridgehead atoms. The van der Waals surface area contributed by atoms with E-state index in [2.05, 4.69) is 28.6 Å². The van der Waals surface area contributed by atoms with Crippen molar-refractivity contribution in [3.8, 4) is 11.5 Å². The summed E-state index contributed by atoms with van der Waals surface area (Å²) < 4.78 is 17.2. The zero-order chi connectivity index (χ0) is 16.8. The van der Waals surface area contributed by atoms with Crippen LogP contribution in [0.2, 0.25) is 0 Å². The van der Waals surface area contributed by atoms with E-state index >= 15 is 0 Å². The highest BCUT2D eigenvalue weighted by Gasteiger charge is 2.29. The first kappa shape index (κ1) is 20.1. The molecule has 2 heterocycles. The van der Waals surface area contributed by atoms with Crippen LogP contribution >= 0.6 is 24.0 Å². The molecule has 0 spiro atoms. The van der Waals surface area contributed by atoms with Gasteiger partial charge in [-0.15, -0.1) is 24.0 Å². The molecule has 0 aliphatic carbocycles. The summed E-state index contributed by atoms with van der Waals surface area (Å²) in [7, 11) is 1.78.